The van der Waals surface area contributed by atoms with Crippen LogP contribution in [0.5, 0.6) is 5.75 Å². The van der Waals surface area contributed by atoms with Gasteiger partial charge in [0.25, 0.3) is 5.91 Å². The second-order valence-electron chi connectivity index (χ2n) is 6.86. The SMILES string of the molecule is N=C(CC(NC(=O)c1ccc(-c2ccccn2)s1)c1ccccc1O)c1ccccn1. The molecule has 0 aliphatic heterocycles. The number of hydrogen-bond donors (Lipinski definition) is 3. The Morgan fingerprint density at radius 1 is 0.968 bits per heavy atom. The number of amides is 1. The maximum atomic E-state index is 13.0. The molecule has 4 aromatic rings. The fourth-order valence-corrected chi connectivity index (χ4v) is 4.09. The second kappa shape index (κ2) is 9.32. The molecule has 6 nitrogen and oxygen atoms in total. The lowest BCUT2D eigenvalue weighted by molar-refractivity contribution is 0.0941. The number of hydrogen-bond acceptors (Lipinski definition) is 6. The minimum atomic E-state index is -0.580. The molecule has 0 radical (unpaired) electrons. The van der Waals surface area contributed by atoms with Crippen molar-refractivity contribution in [2.75, 3.05) is 0 Å². The summed E-state index contributed by atoms with van der Waals surface area (Å²) in [7, 11) is 0. The van der Waals surface area contributed by atoms with Crippen LogP contribution in [0.4, 0.5) is 0 Å². The van der Waals surface area contributed by atoms with E-state index in [4.69, 9.17) is 5.41 Å². The van der Waals surface area contributed by atoms with E-state index in [1.54, 1.807) is 54.9 Å². The van der Waals surface area contributed by atoms with Gasteiger partial charge >= 0.3 is 0 Å². The number of aromatic nitrogens is 2. The maximum absolute atomic E-state index is 13.0. The Morgan fingerprint density at radius 2 is 1.71 bits per heavy atom. The summed E-state index contributed by atoms with van der Waals surface area (Å²) in [6.07, 6.45) is 3.54. The average molecular weight is 429 g/mol. The average Bonchev–Trinajstić information content (AvgIpc) is 3.31. The van der Waals surface area contributed by atoms with Crippen LogP contribution in [-0.4, -0.2) is 26.7 Å². The number of nitrogens with one attached hydrogen (secondary N) is 2. The Labute approximate surface area is 183 Å². The summed E-state index contributed by atoms with van der Waals surface area (Å²) >= 11 is 1.35. The Morgan fingerprint density at radius 3 is 2.42 bits per heavy atom. The number of rotatable bonds is 7. The highest BCUT2D eigenvalue weighted by Gasteiger charge is 2.22. The highest BCUT2D eigenvalue weighted by atomic mass is 32.1. The molecular weight excluding hydrogens is 408 g/mol. The van der Waals surface area contributed by atoms with E-state index in [-0.39, 0.29) is 23.8 Å². The summed E-state index contributed by atoms with van der Waals surface area (Å²) in [5.41, 5.74) is 2.17. The zero-order chi connectivity index (χ0) is 21.6. The van der Waals surface area contributed by atoms with Crippen molar-refractivity contribution < 1.29 is 9.90 Å². The van der Waals surface area contributed by atoms with Gasteiger partial charge in [-0.05, 0) is 42.5 Å². The van der Waals surface area contributed by atoms with E-state index in [0.717, 1.165) is 10.6 Å². The second-order valence-corrected chi connectivity index (χ2v) is 7.95. The standard InChI is InChI=1S/C24H20N4O2S/c25-17(18-8-3-5-13-26-18)15-20(16-7-1-2-10-21(16)29)28-24(30)23-12-11-22(31-23)19-9-4-6-14-27-19/h1-14,20,25,29H,15H2,(H,28,30). The molecule has 0 saturated carbocycles. The van der Waals surface area contributed by atoms with Crippen molar-refractivity contribution in [3.05, 3.63) is 101 Å². The van der Waals surface area contributed by atoms with Crippen LogP contribution in [0.1, 0.15) is 33.4 Å². The van der Waals surface area contributed by atoms with Crippen molar-refractivity contribution in [1.82, 2.24) is 15.3 Å². The normalized spacial score (nSPS) is 11.6. The molecule has 0 spiro atoms. The van der Waals surface area contributed by atoms with E-state index in [1.807, 2.05) is 30.3 Å². The number of nitrogens with zero attached hydrogens (tertiary/aromatic N) is 2. The van der Waals surface area contributed by atoms with Crippen molar-refractivity contribution in [2.45, 2.75) is 12.5 Å². The molecule has 31 heavy (non-hydrogen) atoms. The van der Waals surface area contributed by atoms with Crippen molar-refractivity contribution in [3.8, 4) is 16.3 Å². The van der Waals surface area contributed by atoms with Crippen LogP contribution in [0.3, 0.4) is 0 Å². The molecule has 3 aromatic heterocycles. The summed E-state index contributed by atoms with van der Waals surface area (Å²) in [4.78, 5) is 23.0. The molecule has 4 rings (SSSR count). The Bertz CT molecular complexity index is 1190. The van der Waals surface area contributed by atoms with E-state index in [9.17, 15) is 9.90 Å². The lowest BCUT2D eigenvalue weighted by atomic mass is 9.98. The summed E-state index contributed by atoms with van der Waals surface area (Å²) in [5, 5.41) is 21.8. The molecule has 0 saturated heterocycles. The van der Waals surface area contributed by atoms with Crippen molar-refractivity contribution in [3.63, 3.8) is 0 Å². The van der Waals surface area contributed by atoms with Gasteiger partial charge in [0.05, 0.1) is 32.9 Å². The van der Waals surface area contributed by atoms with Crippen LogP contribution in [0.2, 0.25) is 0 Å². The van der Waals surface area contributed by atoms with Crippen molar-refractivity contribution in [2.24, 2.45) is 0 Å². The fraction of sp³-hybridized carbons (Fsp3) is 0.0833. The highest BCUT2D eigenvalue weighted by molar-refractivity contribution is 7.17. The number of pyridine rings is 2. The minimum absolute atomic E-state index is 0.0713. The van der Waals surface area contributed by atoms with E-state index < -0.39 is 6.04 Å². The van der Waals surface area contributed by atoms with Gasteiger partial charge < -0.3 is 15.8 Å². The molecule has 0 aliphatic carbocycles. The van der Waals surface area contributed by atoms with E-state index in [2.05, 4.69) is 15.3 Å². The first-order chi connectivity index (χ1) is 15.1. The Balaban J connectivity index is 1.57. The van der Waals surface area contributed by atoms with E-state index in [1.165, 1.54) is 11.3 Å². The van der Waals surface area contributed by atoms with Gasteiger partial charge in [-0.25, -0.2) is 0 Å². The van der Waals surface area contributed by atoms with Crippen LogP contribution < -0.4 is 5.32 Å². The lowest BCUT2D eigenvalue weighted by Gasteiger charge is -2.20. The van der Waals surface area contributed by atoms with Gasteiger partial charge in [-0.2, -0.15) is 0 Å². The first-order valence-electron chi connectivity index (χ1n) is 9.70. The molecule has 1 unspecified atom stereocenters. The smallest absolute Gasteiger partial charge is 0.261 e. The van der Waals surface area contributed by atoms with Gasteiger partial charge in [-0.1, -0.05) is 30.3 Å². The fourth-order valence-electron chi connectivity index (χ4n) is 3.21. The number of benzene rings is 1. The molecule has 3 N–H and O–H groups in total. The van der Waals surface area contributed by atoms with Crippen LogP contribution >= 0.6 is 11.3 Å². The highest BCUT2D eigenvalue weighted by Crippen LogP contribution is 2.30. The maximum Gasteiger partial charge on any atom is 0.261 e. The quantitative estimate of drug-likeness (QED) is 0.367. The molecule has 0 bridgehead atoms. The van der Waals surface area contributed by atoms with Crippen LogP contribution in [-0.2, 0) is 0 Å². The molecule has 154 valence electrons. The van der Waals surface area contributed by atoms with Crippen molar-refractivity contribution >= 4 is 23.0 Å². The predicted octanol–water partition coefficient (Wildman–Crippen LogP) is 4.84. The summed E-state index contributed by atoms with van der Waals surface area (Å²) in [6.45, 7) is 0. The van der Waals surface area contributed by atoms with Crippen LogP contribution in [0, 0.1) is 5.41 Å². The monoisotopic (exact) mass is 428 g/mol. The van der Waals surface area contributed by atoms with Crippen LogP contribution in [0.15, 0.2) is 85.2 Å². The molecule has 7 heteroatoms. The molecule has 0 fully saturated rings. The third kappa shape index (κ3) is 4.84. The number of phenolic OH excluding ortho intramolecular Hbond substituents is 1. The number of para-hydroxylation sites is 1. The third-order valence-corrected chi connectivity index (χ3v) is 5.85. The zero-order valence-corrected chi connectivity index (χ0v) is 17.3. The van der Waals surface area contributed by atoms with Gasteiger partial charge in [0.1, 0.15) is 5.75 Å². The summed E-state index contributed by atoms with van der Waals surface area (Å²) < 4.78 is 0. The largest absolute Gasteiger partial charge is 0.508 e. The Hall–Kier alpha value is -3.84. The molecule has 1 aromatic carbocycles. The van der Waals surface area contributed by atoms with E-state index in [0.29, 0.717) is 16.1 Å². The van der Waals surface area contributed by atoms with Gasteiger partial charge in [-0.3, -0.25) is 14.8 Å². The molecular formula is C24H20N4O2S. The Kier molecular flexibility index (Phi) is 6.14. The molecule has 1 atom stereocenters. The number of aromatic hydroxyl groups is 1. The minimum Gasteiger partial charge on any atom is -0.508 e. The molecule has 3 heterocycles. The third-order valence-electron chi connectivity index (χ3n) is 4.75. The van der Waals surface area contributed by atoms with Gasteiger partial charge in [0, 0.05) is 24.4 Å². The van der Waals surface area contributed by atoms with Crippen molar-refractivity contribution in [1.29, 1.82) is 5.41 Å². The zero-order valence-electron chi connectivity index (χ0n) is 16.5. The number of carbonyl (C=O) groups is 1. The first-order valence-corrected chi connectivity index (χ1v) is 10.5. The summed E-state index contributed by atoms with van der Waals surface area (Å²) in [6, 6.07) is 20.9. The van der Waals surface area contributed by atoms with Gasteiger partial charge in [0.15, 0.2) is 0 Å². The number of thiophene rings is 1. The number of phenols is 1. The first kappa shape index (κ1) is 20.4. The van der Waals surface area contributed by atoms with Gasteiger partial charge in [-0.15, -0.1) is 11.3 Å². The summed E-state index contributed by atoms with van der Waals surface area (Å²) in [5.74, 6) is -0.198. The van der Waals surface area contributed by atoms with Gasteiger partial charge in [0.2, 0.25) is 0 Å². The van der Waals surface area contributed by atoms with E-state index >= 15 is 0 Å². The molecule has 1 amide bonds. The predicted molar refractivity (Wildman–Crippen MR) is 122 cm³/mol. The topological polar surface area (TPSA) is 99.0 Å². The number of carbonyl (C=O) groups excluding carboxylic acids is 1. The molecule has 0 aliphatic rings. The lowest BCUT2D eigenvalue weighted by Crippen LogP contribution is -2.30. The van der Waals surface area contributed by atoms with Crippen LogP contribution in [0.25, 0.3) is 10.6 Å².